The van der Waals surface area contributed by atoms with Gasteiger partial charge in [-0.05, 0) is 37.6 Å². The number of piperidine rings is 1. The summed E-state index contributed by atoms with van der Waals surface area (Å²) in [4.78, 5) is 31.5. The van der Waals surface area contributed by atoms with E-state index in [9.17, 15) is 18.0 Å². The Balaban J connectivity index is 0.000000448. The molecule has 1 N–H and O–H groups in total. The molecule has 13 heteroatoms. The van der Waals surface area contributed by atoms with Gasteiger partial charge in [-0.3, -0.25) is 14.4 Å². The zero-order valence-electron chi connectivity index (χ0n) is 22.0. The molecule has 10 nitrogen and oxygen atoms in total. The average molecular weight is 549 g/mol. The van der Waals surface area contributed by atoms with Crippen LogP contribution in [-0.4, -0.2) is 85.6 Å². The number of benzene rings is 1. The highest BCUT2D eigenvalue weighted by molar-refractivity contribution is 5.94. The van der Waals surface area contributed by atoms with Crippen LogP contribution in [0.15, 0.2) is 42.9 Å². The van der Waals surface area contributed by atoms with Gasteiger partial charge in [-0.25, -0.2) is 9.78 Å². The molecule has 0 saturated carbocycles. The predicted molar refractivity (Wildman–Crippen MR) is 135 cm³/mol. The minimum absolute atomic E-state index is 0.0667. The number of carbonyl (C=O) groups excluding carboxylic acids is 1. The van der Waals surface area contributed by atoms with Gasteiger partial charge in [0.25, 0.3) is 5.91 Å². The minimum atomic E-state index is -5.08. The number of aromatic nitrogens is 4. The van der Waals surface area contributed by atoms with Gasteiger partial charge in [0.2, 0.25) is 0 Å². The van der Waals surface area contributed by atoms with Crippen LogP contribution >= 0.6 is 0 Å². The number of nitrogens with zero attached hydrogens (tertiary/aromatic N) is 6. The summed E-state index contributed by atoms with van der Waals surface area (Å²) < 4.78 is 41.2. The lowest BCUT2D eigenvalue weighted by Gasteiger charge is -2.50. The number of imidazole rings is 1. The molecule has 1 spiro atoms. The fourth-order valence-electron chi connectivity index (χ4n) is 5.35. The molecule has 1 amide bonds. The molecule has 0 unspecified atom stereocenters. The van der Waals surface area contributed by atoms with E-state index >= 15 is 0 Å². The van der Waals surface area contributed by atoms with Gasteiger partial charge in [-0.1, -0.05) is 13.0 Å². The van der Waals surface area contributed by atoms with E-state index in [1.165, 1.54) is 0 Å². The van der Waals surface area contributed by atoms with E-state index in [-0.39, 0.29) is 11.4 Å². The smallest absolute Gasteiger partial charge is 0.490 e. The summed E-state index contributed by atoms with van der Waals surface area (Å²) in [6, 6.07) is 7.41. The Bertz CT molecular complexity index is 1330. The van der Waals surface area contributed by atoms with Crippen LogP contribution in [0.5, 0.6) is 5.75 Å². The van der Waals surface area contributed by atoms with Crippen LogP contribution < -0.4 is 4.74 Å². The number of halogens is 3. The molecule has 0 atom stereocenters. The van der Waals surface area contributed by atoms with Crippen molar-refractivity contribution in [3.8, 4) is 17.0 Å². The number of alkyl halides is 3. The number of hydrogen-bond donors (Lipinski definition) is 1. The van der Waals surface area contributed by atoms with Crippen molar-refractivity contribution in [1.82, 2.24) is 29.1 Å². The molecule has 3 aromatic rings. The van der Waals surface area contributed by atoms with E-state index in [1.54, 1.807) is 7.11 Å². The highest BCUT2D eigenvalue weighted by Gasteiger charge is 2.47. The molecule has 2 aliphatic heterocycles. The maximum Gasteiger partial charge on any atom is 0.490 e. The lowest BCUT2D eigenvalue weighted by atomic mass is 9.83. The van der Waals surface area contributed by atoms with Crippen LogP contribution in [0.1, 0.15) is 35.9 Å². The summed E-state index contributed by atoms with van der Waals surface area (Å²) in [6.07, 6.45) is 2.60. The van der Waals surface area contributed by atoms with E-state index in [1.807, 2.05) is 59.5 Å². The summed E-state index contributed by atoms with van der Waals surface area (Å²) in [5.41, 5.74) is 2.75. The first kappa shape index (κ1) is 28.1. The van der Waals surface area contributed by atoms with Crippen molar-refractivity contribution in [3.05, 3.63) is 54.2 Å². The number of carbonyl (C=O) groups is 2. The van der Waals surface area contributed by atoms with Crippen LogP contribution in [0, 0.1) is 0 Å². The molecule has 39 heavy (non-hydrogen) atoms. The molecule has 1 saturated heterocycles. The van der Waals surface area contributed by atoms with Crippen molar-refractivity contribution in [2.24, 2.45) is 7.05 Å². The number of methoxy groups -OCH3 is 1. The van der Waals surface area contributed by atoms with E-state index in [0.29, 0.717) is 24.4 Å². The Morgan fingerprint density at radius 3 is 2.38 bits per heavy atom. The fraction of sp³-hybridized carbons (Fsp3) is 0.462. The van der Waals surface area contributed by atoms with Crippen LogP contribution in [0.25, 0.3) is 11.3 Å². The average Bonchev–Trinajstić information content (AvgIpc) is 3.55. The minimum Gasteiger partial charge on any atom is -0.497 e. The molecular formula is C26H31F3N6O4. The zero-order valence-corrected chi connectivity index (χ0v) is 22.0. The van der Waals surface area contributed by atoms with Gasteiger partial charge >= 0.3 is 12.1 Å². The van der Waals surface area contributed by atoms with Gasteiger partial charge in [0.15, 0.2) is 0 Å². The molecule has 1 fully saturated rings. The number of ether oxygens (including phenoxy) is 1. The third kappa shape index (κ3) is 5.63. The van der Waals surface area contributed by atoms with Crippen LogP contribution in [0.3, 0.4) is 0 Å². The Morgan fingerprint density at radius 2 is 1.82 bits per heavy atom. The quantitative estimate of drug-likeness (QED) is 0.533. The van der Waals surface area contributed by atoms with Crippen molar-refractivity contribution in [2.75, 3.05) is 33.3 Å². The van der Waals surface area contributed by atoms with Crippen LogP contribution in [-0.2, 0) is 23.9 Å². The fourth-order valence-corrected chi connectivity index (χ4v) is 5.35. The third-order valence-electron chi connectivity index (χ3n) is 7.29. The van der Waals surface area contributed by atoms with Gasteiger partial charge in [-0.15, -0.1) is 0 Å². The number of fused-ring (bicyclic) bond motifs is 2. The molecular weight excluding hydrogens is 517 g/mol. The van der Waals surface area contributed by atoms with Crippen molar-refractivity contribution < 1.29 is 32.6 Å². The zero-order chi connectivity index (χ0) is 28.4. The first-order chi connectivity index (χ1) is 18.5. The van der Waals surface area contributed by atoms with Gasteiger partial charge in [0.1, 0.15) is 11.6 Å². The molecule has 4 heterocycles. The SMILES string of the molecule is CCN1CCn2c(-c3cnn(C)c3)cnc2C12CCN(C(=O)c1cccc(OC)c1)CC2.O=C(O)C(F)(F)F. The number of hydrogen-bond acceptors (Lipinski definition) is 6. The number of aryl methyl sites for hydroxylation is 1. The second kappa shape index (κ2) is 11.1. The molecule has 210 valence electrons. The summed E-state index contributed by atoms with van der Waals surface area (Å²) >= 11 is 0. The second-order valence-corrected chi connectivity index (χ2v) is 9.46. The number of carboxylic acids is 1. The van der Waals surface area contributed by atoms with E-state index < -0.39 is 12.1 Å². The second-order valence-electron chi connectivity index (χ2n) is 9.46. The molecule has 2 aromatic heterocycles. The maximum absolute atomic E-state index is 13.2. The molecule has 5 rings (SSSR count). The van der Waals surface area contributed by atoms with Gasteiger partial charge in [0, 0.05) is 50.6 Å². The Hall–Kier alpha value is -3.87. The molecule has 0 radical (unpaired) electrons. The Labute approximate surface area is 223 Å². The highest BCUT2D eigenvalue weighted by atomic mass is 19.4. The van der Waals surface area contributed by atoms with Crippen molar-refractivity contribution >= 4 is 11.9 Å². The largest absolute Gasteiger partial charge is 0.497 e. The number of rotatable bonds is 4. The number of carboxylic acid groups (broad SMARTS) is 1. The van der Waals surface area contributed by atoms with Gasteiger partial charge < -0.3 is 19.3 Å². The Kier molecular flexibility index (Phi) is 8.00. The topological polar surface area (TPSA) is 106 Å². The number of amides is 1. The number of likely N-dealkylation sites (N-methyl/N-ethyl adjacent to an activating group) is 1. The van der Waals surface area contributed by atoms with Crippen LogP contribution in [0.2, 0.25) is 0 Å². The molecule has 1 aromatic carbocycles. The Morgan fingerprint density at radius 1 is 1.13 bits per heavy atom. The lowest BCUT2D eigenvalue weighted by molar-refractivity contribution is -0.192. The van der Waals surface area contributed by atoms with Crippen LogP contribution in [0.4, 0.5) is 13.2 Å². The summed E-state index contributed by atoms with van der Waals surface area (Å²) in [6.45, 7) is 6.51. The lowest BCUT2D eigenvalue weighted by Crippen LogP contribution is -2.58. The van der Waals surface area contributed by atoms with Crippen molar-refractivity contribution in [1.29, 1.82) is 0 Å². The summed E-state index contributed by atoms with van der Waals surface area (Å²) in [5, 5.41) is 11.5. The molecule has 0 aliphatic carbocycles. The first-order valence-electron chi connectivity index (χ1n) is 12.5. The number of aliphatic carboxylic acids is 1. The van der Waals surface area contributed by atoms with Gasteiger partial charge in [-0.2, -0.15) is 18.3 Å². The number of likely N-dealkylation sites (tertiary alicyclic amines) is 1. The van der Waals surface area contributed by atoms with Crippen molar-refractivity contribution in [3.63, 3.8) is 0 Å². The highest BCUT2D eigenvalue weighted by Crippen LogP contribution is 2.42. The van der Waals surface area contributed by atoms with E-state index in [4.69, 9.17) is 19.6 Å². The predicted octanol–water partition coefficient (Wildman–Crippen LogP) is 3.39. The normalized spacial score (nSPS) is 16.8. The third-order valence-corrected chi connectivity index (χ3v) is 7.29. The summed E-state index contributed by atoms with van der Waals surface area (Å²) in [5.74, 6) is -0.860. The summed E-state index contributed by atoms with van der Waals surface area (Å²) in [7, 11) is 3.56. The van der Waals surface area contributed by atoms with E-state index in [0.717, 1.165) is 49.6 Å². The van der Waals surface area contributed by atoms with Gasteiger partial charge in [0.05, 0.1) is 30.7 Å². The maximum atomic E-state index is 13.2. The molecule has 2 aliphatic rings. The van der Waals surface area contributed by atoms with E-state index in [2.05, 4.69) is 21.5 Å². The standard InChI is InChI=1S/C24H30N6O2.C2HF3O2/c1-4-29-12-13-30-21(19-15-26-27(2)17-19)16-25-23(30)24(29)8-10-28(11-9-24)22(31)18-6-5-7-20(14-18)32-3;3-2(4,5)1(6)7/h5-7,14-17H,4,8-13H2,1-3H3;(H,6,7). The monoisotopic (exact) mass is 548 g/mol. The van der Waals surface area contributed by atoms with Crippen molar-refractivity contribution in [2.45, 2.75) is 38.0 Å². The molecule has 0 bridgehead atoms. The first-order valence-corrected chi connectivity index (χ1v) is 12.5.